The van der Waals surface area contributed by atoms with Crippen LogP contribution in [0.1, 0.15) is 32.6 Å². The highest BCUT2D eigenvalue weighted by molar-refractivity contribution is 4.95. The molecule has 1 saturated carbocycles. The van der Waals surface area contributed by atoms with E-state index in [0.29, 0.717) is 6.04 Å². The minimum absolute atomic E-state index is 0.0853. The summed E-state index contributed by atoms with van der Waals surface area (Å²) in [6.07, 6.45) is 9.21. The summed E-state index contributed by atoms with van der Waals surface area (Å²) >= 11 is 0. The average molecular weight is 234 g/mol. The van der Waals surface area contributed by atoms with E-state index in [1.54, 1.807) is 12.1 Å². The maximum Gasteiger partial charge on any atom is 0.181 e. The summed E-state index contributed by atoms with van der Waals surface area (Å²) in [7, 11) is 0. The molecule has 1 aliphatic rings. The Hall–Kier alpha value is -1.09. The fourth-order valence-electron chi connectivity index (χ4n) is 2.79. The van der Waals surface area contributed by atoms with Gasteiger partial charge in [0.1, 0.15) is 0 Å². The lowest BCUT2D eigenvalue weighted by molar-refractivity contribution is 0.327. The molecule has 0 amide bonds. The molecular formula is C14H22N2O. The standard InChI is InChI=1S/C14H22N2O/c1-2-15-14(12-5-3-4-6-12)11-16-9-7-13(17)8-10-16/h7-10,12,14-15H,2-6,11H2,1H3. The van der Waals surface area contributed by atoms with Crippen LogP contribution in [0, 0.1) is 5.92 Å². The van der Waals surface area contributed by atoms with E-state index in [0.717, 1.165) is 19.0 Å². The molecule has 1 N–H and O–H groups in total. The highest BCUT2D eigenvalue weighted by Crippen LogP contribution is 2.28. The third kappa shape index (κ3) is 3.43. The van der Waals surface area contributed by atoms with Gasteiger partial charge in [0.2, 0.25) is 0 Å². The first-order chi connectivity index (χ1) is 8.29. The molecule has 0 aromatic carbocycles. The van der Waals surface area contributed by atoms with Gasteiger partial charge in [-0.2, -0.15) is 0 Å². The van der Waals surface area contributed by atoms with Crippen LogP contribution in [0.4, 0.5) is 0 Å². The lowest BCUT2D eigenvalue weighted by Crippen LogP contribution is -2.38. The van der Waals surface area contributed by atoms with Crippen molar-refractivity contribution in [3.05, 3.63) is 34.7 Å². The van der Waals surface area contributed by atoms with E-state index in [1.807, 2.05) is 12.4 Å². The minimum atomic E-state index is 0.0853. The van der Waals surface area contributed by atoms with E-state index >= 15 is 0 Å². The van der Waals surface area contributed by atoms with Gasteiger partial charge in [-0.15, -0.1) is 0 Å². The van der Waals surface area contributed by atoms with Crippen molar-refractivity contribution in [3.8, 4) is 0 Å². The highest BCUT2D eigenvalue weighted by Gasteiger charge is 2.24. The molecule has 1 atom stereocenters. The Kier molecular flexibility index (Phi) is 4.37. The van der Waals surface area contributed by atoms with E-state index in [1.165, 1.54) is 25.7 Å². The van der Waals surface area contributed by atoms with Gasteiger partial charge < -0.3 is 9.88 Å². The largest absolute Gasteiger partial charge is 0.352 e. The van der Waals surface area contributed by atoms with Gasteiger partial charge in [-0.3, -0.25) is 4.79 Å². The second-order valence-corrected chi connectivity index (χ2v) is 4.94. The van der Waals surface area contributed by atoms with Crippen molar-refractivity contribution in [2.45, 2.75) is 45.2 Å². The number of pyridine rings is 1. The molecule has 1 aromatic heterocycles. The van der Waals surface area contributed by atoms with Crippen molar-refractivity contribution < 1.29 is 0 Å². The van der Waals surface area contributed by atoms with Gasteiger partial charge in [-0.05, 0) is 25.3 Å². The Bertz CT molecular complexity index is 373. The molecular weight excluding hydrogens is 212 g/mol. The average Bonchev–Trinajstić information content (AvgIpc) is 2.85. The van der Waals surface area contributed by atoms with Crippen LogP contribution in [0.3, 0.4) is 0 Å². The van der Waals surface area contributed by atoms with Crippen LogP contribution < -0.4 is 10.7 Å². The van der Waals surface area contributed by atoms with E-state index in [9.17, 15) is 4.79 Å². The van der Waals surface area contributed by atoms with Gasteiger partial charge in [-0.25, -0.2) is 0 Å². The number of nitrogens with one attached hydrogen (secondary N) is 1. The van der Waals surface area contributed by atoms with Gasteiger partial charge in [-0.1, -0.05) is 19.8 Å². The molecule has 1 aromatic rings. The topological polar surface area (TPSA) is 34.0 Å². The smallest absolute Gasteiger partial charge is 0.181 e. The van der Waals surface area contributed by atoms with E-state index in [4.69, 9.17) is 0 Å². The molecule has 3 nitrogen and oxygen atoms in total. The SMILES string of the molecule is CCNC(Cn1ccc(=O)cc1)C1CCCC1. The van der Waals surface area contributed by atoms with Crippen molar-refractivity contribution in [2.24, 2.45) is 5.92 Å². The molecule has 2 rings (SSSR count). The Morgan fingerprint density at radius 3 is 2.59 bits per heavy atom. The summed E-state index contributed by atoms with van der Waals surface area (Å²) < 4.78 is 2.12. The fourth-order valence-corrected chi connectivity index (χ4v) is 2.79. The quantitative estimate of drug-likeness (QED) is 0.845. The molecule has 17 heavy (non-hydrogen) atoms. The maximum absolute atomic E-state index is 11.1. The van der Waals surface area contributed by atoms with Crippen molar-refractivity contribution in [2.75, 3.05) is 6.54 Å². The third-order valence-electron chi connectivity index (χ3n) is 3.70. The summed E-state index contributed by atoms with van der Waals surface area (Å²) in [5.41, 5.74) is 0.0853. The van der Waals surface area contributed by atoms with Crippen molar-refractivity contribution in [1.29, 1.82) is 0 Å². The lowest BCUT2D eigenvalue weighted by atomic mass is 9.98. The number of likely N-dealkylation sites (N-methyl/N-ethyl adjacent to an activating group) is 1. The van der Waals surface area contributed by atoms with Gasteiger partial charge in [0.15, 0.2) is 5.43 Å². The zero-order valence-corrected chi connectivity index (χ0v) is 10.6. The second-order valence-electron chi connectivity index (χ2n) is 4.94. The molecule has 0 bridgehead atoms. The Morgan fingerprint density at radius 2 is 2.00 bits per heavy atom. The van der Waals surface area contributed by atoms with Crippen molar-refractivity contribution >= 4 is 0 Å². The normalized spacial score (nSPS) is 18.4. The lowest BCUT2D eigenvalue weighted by Gasteiger charge is -2.25. The Labute approximate surface area is 103 Å². The summed E-state index contributed by atoms with van der Waals surface area (Å²) in [6.45, 7) is 4.15. The van der Waals surface area contributed by atoms with Gasteiger partial charge in [0, 0.05) is 37.1 Å². The van der Waals surface area contributed by atoms with Crippen LogP contribution in [0.5, 0.6) is 0 Å². The van der Waals surface area contributed by atoms with Gasteiger partial charge in [0.05, 0.1) is 0 Å². The zero-order valence-electron chi connectivity index (χ0n) is 10.6. The van der Waals surface area contributed by atoms with Crippen LogP contribution in [0.15, 0.2) is 29.3 Å². The number of hydrogen-bond donors (Lipinski definition) is 1. The first-order valence-corrected chi connectivity index (χ1v) is 6.69. The van der Waals surface area contributed by atoms with E-state index < -0.39 is 0 Å². The fraction of sp³-hybridized carbons (Fsp3) is 0.643. The molecule has 0 saturated heterocycles. The summed E-state index contributed by atoms with van der Waals surface area (Å²) in [6, 6.07) is 3.82. The second kappa shape index (κ2) is 6.01. The summed E-state index contributed by atoms with van der Waals surface area (Å²) in [5.74, 6) is 0.800. The van der Waals surface area contributed by atoms with Crippen LogP contribution in [0.2, 0.25) is 0 Å². The van der Waals surface area contributed by atoms with E-state index in [-0.39, 0.29) is 5.43 Å². The molecule has 0 radical (unpaired) electrons. The number of nitrogens with zero attached hydrogens (tertiary/aromatic N) is 1. The molecule has 1 aliphatic carbocycles. The zero-order chi connectivity index (χ0) is 12.1. The van der Waals surface area contributed by atoms with Gasteiger partial charge >= 0.3 is 0 Å². The molecule has 1 fully saturated rings. The first kappa shape index (κ1) is 12.4. The van der Waals surface area contributed by atoms with Crippen LogP contribution in [0.25, 0.3) is 0 Å². The molecule has 0 aliphatic heterocycles. The predicted molar refractivity (Wildman–Crippen MR) is 70.1 cm³/mol. The number of hydrogen-bond acceptors (Lipinski definition) is 2. The van der Waals surface area contributed by atoms with Crippen LogP contribution in [-0.4, -0.2) is 17.2 Å². The van der Waals surface area contributed by atoms with Crippen LogP contribution >= 0.6 is 0 Å². The maximum atomic E-state index is 11.1. The first-order valence-electron chi connectivity index (χ1n) is 6.69. The monoisotopic (exact) mass is 234 g/mol. The third-order valence-corrected chi connectivity index (χ3v) is 3.70. The number of aromatic nitrogens is 1. The van der Waals surface area contributed by atoms with Gasteiger partial charge in [0.25, 0.3) is 0 Å². The Morgan fingerprint density at radius 1 is 1.35 bits per heavy atom. The minimum Gasteiger partial charge on any atom is -0.352 e. The predicted octanol–water partition coefficient (Wildman–Crippen LogP) is 2.02. The molecule has 1 heterocycles. The summed E-state index contributed by atoms with van der Waals surface area (Å²) in [5, 5.41) is 3.59. The summed E-state index contributed by atoms with van der Waals surface area (Å²) in [4.78, 5) is 11.1. The van der Waals surface area contributed by atoms with E-state index in [2.05, 4.69) is 16.8 Å². The molecule has 0 spiro atoms. The van der Waals surface area contributed by atoms with Crippen molar-refractivity contribution in [3.63, 3.8) is 0 Å². The van der Waals surface area contributed by atoms with Crippen LogP contribution in [-0.2, 0) is 6.54 Å². The molecule has 3 heteroatoms. The van der Waals surface area contributed by atoms with Crippen molar-refractivity contribution in [1.82, 2.24) is 9.88 Å². The Balaban J connectivity index is 2.01. The molecule has 1 unspecified atom stereocenters. The number of rotatable bonds is 5. The highest BCUT2D eigenvalue weighted by atomic mass is 16.1. The molecule has 94 valence electrons.